The SMILES string of the molecule is CC(C)(C)C(O)(Cl)CCl. The summed E-state index contributed by atoms with van der Waals surface area (Å²) in [5, 5.41) is 8.01. The summed E-state index contributed by atoms with van der Waals surface area (Å²) in [6, 6.07) is 0. The monoisotopic (exact) mass is 170 g/mol. The predicted molar refractivity (Wildman–Crippen MR) is 41.0 cm³/mol. The number of rotatable bonds is 1. The molecule has 0 aromatic rings. The Labute approximate surface area is 66.0 Å². The van der Waals surface area contributed by atoms with Gasteiger partial charge >= 0.3 is 0 Å². The summed E-state index contributed by atoms with van der Waals surface area (Å²) >= 11 is 11.0. The van der Waals surface area contributed by atoms with E-state index in [1.54, 1.807) is 0 Å². The molecule has 0 saturated carbocycles. The summed E-state index contributed by atoms with van der Waals surface area (Å²) < 4.78 is 0. The van der Waals surface area contributed by atoms with Crippen LogP contribution in [0.3, 0.4) is 0 Å². The Morgan fingerprint density at radius 2 is 1.67 bits per heavy atom. The van der Waals surface area contributed by atoms with Gasteiger partial charge in [0.25, 0.3) is 0 Å². The van der Waals surface area contributed by atoms with Gasteiger partial charge in [-0.15, -0.1) is 11.6 Å². The van der Waals surface area contributed by atoms with Crippen molar-refractivity contribution in [2.24, 2.45) is 5.41 Å². The highest BCUT2D eigenvalue weighted by Gasteiger charge is 2.36. The molecule has 0 spiro atoms. The van der Waals surface area contributed by atoms with Crippen molar-refractivity contribution in [1.82, 2.24) is 0 Å². The maximum atomic E-state index is 9.29. The Balaban J connectivity index is 4.14. The lowest BCUT2D eigenvalue weighted by Gasteiger charge is -2.32. The van der Waals surface area contributed by atoms with E-state index in [0.717, 1.165) is 0 Å². The van der Waals surface area contributed by atoms with Gasteiger partial charge in [-0.3, -0.25) is 0 Å². The number of hydrogen-bond donors (Lipinski definition) is 1. The van der Waals surface area contributed by atoms with Crippen LogP contribution in [-0.2, 0) is 0 Å². The Hall–Kier alpha value is 0.540. The first-order valence-corrected chi connectivity index (χ1v) is 3.70. The van der Waals surface area contributed by atoms with Crippen LogP contribution in [0.2, 0.25) is 0 Å². The van der Waals surface area contributed by atoms with Crippen LogP contribution in [-0.4, -0.2) is 16.0 Å². The molecule has 0 aliphatic heterocycles. The summed E-state index contributed by atoms with van der Waals surface area (Å²) in [7, 11) is 0. The molecule has 0 aliphatic carbocycles. The second-order valence-corrected chi connectivity index (χ2v) is 4.04. The number of halogens is 2. The topological polar surface area (TPSA) is 20.2 Å². The van der Waals surface area contributed by atoms with Crippen molar-refractivity contribution in [1.29, 1.82) is 0 Å². The van der Waals surface area contributed by atoms with Crippen LogP contribution in [0.1, 0.15) is 20.8 Å². The van der Waals surface area contributed by atoms with Crippen LogP contribution in [0.4, 0.5) is 0 Å². The van der Waals surface area contributed by atoms with Crippen molar-refractivity contribution in [3.8, 4) is 0 Å². The minimum Gasteiger partial charge on any atom is -0.373 e. The average molecular weight is 171 g/mol. The van der Waals surface area contributed by atoms with Gasteiger partial charge in [-0.25, -0.2) is 0 Å². The fourth-order valence-corrected chi connectivity index (χ4v) is 0.601. The molecule has 0 amide bonds. The summed E-state index contributed by atoms with van der Waals surface area (Å²) in [5.41, 5.74) is -0.365. The fourth-order valence-electron chi connectivity index (χ4n) is 0.200. The summed E-state index contributed by atoms with van der Waals surface area (Å²) in [6.07, 6.45) is 0. The zero-order valence-corrected chi connectivity index (χ0v) is 7.42. The van der Waals surface area contributed by atoms with Gasteiger partial charge in [0.2, 0.25) is 0 Å². The number of aliphatic hydroxyl groups is 1. The lowest BCUT2D eigenvalue weighted by molar-refractivity contribution is 0.0406. The standard InChI is InChI=1S/C6H12Cl2O/c1-5(2,3)6(8,9)4-7/h9H,4H2,1-3H3. The molecule has 0 saturated heterocycles. The fraction of sp³-hybridized carbons (Fsp3) is 1.00. The maximum Gasteiger partial charge on any atom is 0.156 e. The lowest BCUT2D eigenvalue weighted by Crippen LogP contribution is -2.38. The smallest absolute Gasteiger partial charge is 0.156 e. The molecule has 1 nitrogen and oxygen atoms in total. The van der Waals surface area contributed by atoms with E-state index in [1.807, 2.05) is 20.8 Å². The first-order chi connectivity index (χ1) is 3.81. The van der Waals surface area contributed by atoms with Crippen LogP contribution in [0, 0.1) is 5.41 Å². The minimum absolute atomic E-state index is 0.0536. The average Bonchev–Trinajstić information content (AvgIpc) is 1.64. The van der Waals surface area contributed by atoms with Crippen molar-refractivity contribution in [3.05, 3.63) is 0 Å². The van der Waals surface area contributed by atoms with Crippen LogP contribution >= 0.6 is 23.2 Å². The van der Waals surface area contributed by atoms with Crippen molar-refractivity contribution in [3.63, 3.8) is 0 Å². The van der Waals surface area contributed by atoms with E-state index in [1.165, 1.54) is 0 Å². The molecular formula is C6H12Cl2O. The van der Waals surface area contributed by atoms with Gasteiger partial charge in [-0.1, -0.05) is 32.4 Å². The highest BCUT2D eigenvalue weighted by molar-refractivity contribution is 6.30. The molecule has 1 unspecified atom stereocenters. The molecule has 0 aliphatic rings. The number of alkyl halides is 2. The highest BCUT2D eigenvalue weighted by atomic mass is 35.5. The maximum absolute atomic E-state index is 9.29. The predicted octanol–water partition coefficient (Wildman–Crippen LogP) is 2.20. The van der Waals surface area contributed by atoms with Gasteiger partial charge in [0.15, 0.2) is 5.06 Å². The Kier molecular flexibility index (Phi) is 2.81. The van der Waals surface area contributed by atoms with E-state index in [-0.39, 0.29) is 11.3 Å². The third-order valence-electron chi connectivity index (χ3n) is 1.33. The molecule has 56 valence electrons. The third-order valence-corrected chi connectivity index (χ3v) is 2.55. The molecule has 0 bridgehead atoms. The zero-order valence-electron chi connectivity index (χ0n) is 5.91. The van der Waals surface area contributed by atoms with Gasteiger partial charge in [0.05, 0.1) is 5.88 Å². The third kappa shape index (κ3) is 2.32. The van der Waals surface area contributed by atoms with Crippen LogP contribution in [0.15, 0.2) is 0 Å². The molecule has 3 heteroatoms. The van der Waals surface area contributed by atoms with Crippen LogP contribution < -0.4 is 0 Å². The Morgan fingerprint density at radius 3 is 1.67 bits per heavy atom. The van der Waals surface area contributed by atoms with Gasteiger partial charge < -0.3 is 5.11 Å². The second kappa shape index (κ2) is 2.65. The molecule has 0 radical (unpaired) electrons. The molecular weight excluding hydrogens is 159 g/mol. The van der Waals surface area contributed by atoms with Crippen molar-refractivity contribution in [2.45, 2.75) is 25.8 Å². The summed E-state index contributed by atoms with van der Waals surface area (Å²) in [6.45, 7) is 5.51. The van der Waals surface area contributed by atoms with E-state index in [0.29, 0.717) is 0 Å². The summed E-state index contributed by atoms with van der Waals surface area (Å²) in [5.74, 6) is 0.0536. The number of hydrogen-bond acceptors (Lipinski definition) is 1. The molecule has 1 atom stereocenters. The van der Waals surface area contributed by atoms with E-state index in [9.17, 15) is 5.11 Å². The zero-order chi connectivity index (χ0) is 7.71. The first kappa shape index (κ1) is 9.54. The van der Waals surface area contributed by atoms with Gasteiger partial charge in [0.1, 0.15) is 0 Å². The lowest BCUT2D eigenvalue weighted by atomic mass is 9.90. The molecule has 0 fully saturated rings. The van der Waals surface area contributed by atoms with Crippen molar-refractivity contribution >= 4 is 23.2 Å². The molecule has 1 N–H and O–H groups in total. The second-order valence-electron chi connectivity index (χ2n) is 3.14. The first-order valence-electron chi connectivity index (χ1n) is 2.78. The van der Waals surface area contributed by atoms with E-state index >= 15 is 0 Å². The molecule has 9 heavy (non-hydrogen) atoms. The quantitative estimate of drug-likeness (QED) is 0.599. The minimum atomic E-state index is -1.28. The molecule has 0 rings (SSSR count). The highest BCUT2D eigenvalue weighted by Crippen LogP contribution is 2.34. The van der Waals surface area contributed by atoms with Crippen molar-refractivity contribution < 1.29 is 5.11 Å². The van der Waals surface area contributed by atoms with Gasteiger partial charge in [0, 0.05) is 5.41 Å². The van der Waals surface area contributed by atoms with E-state index < -0.39 is 5.06 Å². The molecule has 0 aromatic heterocycles. The molecule has 0 heterocycles. The van der Waals surface area contributed by atoms with E-state index in [2.05, 4.69) is 0 Å². The largest absolute Gasteiger partial charge is 0.373 e. The van der Waals surface area contributed by atoms with Crippen molar-refractivity contribution in [2.75, 3.05) is 5.88 Å². The molecule has 0 aromatic carbocycles. The van der Waals surface area contributed by atoms with Gasteiger partial charge in [-0.05, 0) is 0 Å². The van der Waals surface area contributed by atoms with Crippen LogP contribution in [0.5, 0.6) is 0 Å². The summed E-state index contributed by atoms with van der Waals surface area (Å²) in [4.78, 5) is 0. The van der Waals surface area contributed by atoms with Gasteiger partial charge in [-0.2, -0.15) is 0 Å². The van der Waals surface area contributed by atoms with E-state index in [4.69, 9.17) is 23.2 Å². The normalized spacial score (nSPS) is 19.3. The Bertz CT molecular complexity index is 93.7. The Morgan fingerprint density at radius 1 is 1.33 bits per heavy atom. The van der Waals surface area contributed by atoms with Crippen LogP contribution in [0.25, 0.3) is 0 Å².